The molecule has 0 fully saturated rings. The molecule has 0 aliphatic carbocycles. The van der Waals surface area contributed by atoms with Crippen LogP contribution in [0.2, 0.25) is 0 Å². The lowest BCUT2D eigenvalue weighted by Crippen LogP contribution is -2.04. The van der Waals surface area contributed by atoms with Gasteiger partial charge in [-0.05, 0) is 30.7 Å². The standard InChI is InChI=1S/C17H18O4/c1-13(18)15-8-9-16(17(10-15)21-12-19-2)20-11-14-6-4-3-5-7-14/h3-10H,11-12H2,1-2H3. The number of Topliss-reactive ketones (excluding diaryl/α,β-unsaturated/α-hetero) is 1. The first-order valence-corrected chi connectivity index (χ1v) is 6.64. The fourth-order valence-electron chi connectivity index (χ4n) is 1.82. The predicted molar refractivity (Wildman–Crippen MR) is 79.7 cm³/mol. The molecule has 21 heavy (non-hydrogen) atoms. The lowest BCUT2D eigenvalue weighted by Gasteiger charge is -2.13. The van der Waals surface area contributed by atoms with Crippen LogP contribution < -0.4 is 9.47 Å². The maximum Gasteiger partial charge on any atom is 0.188 e. The third-order valence-electron chi connectivity index (χ3n) is 2.92. The summed E-state index contributed by atoms with van der Waals surface area (Å²) in [7, 11) is 1.54. The minimum absolute atomic E-state index is 0.0214. The van der Waals surface area contributed by atoms with Gasteiger partial charge in [0.25, 0.3) is 0 Å². The topological polar surface area (TPSA) is 44.8 Å². The second-order valence-electron chi connectivity index (χ2n) is 4.54. The maximum atomic E-state index is 11.4. The van der Waals surface area contributed by atoms with Crippen LogP contribution in [0.25, 0.3) is 0 Å². The van der Waals surface area contributed by atoms with Crippen molar-refractivity contribution >= 4 is 5.78 Å². The van der Waals surface area contributed by atoms with Gasteiger partial charge in [-0.3, -0.25) is 4.79 Å². The molecule has 0 saturated carbocycles. The largest absolute Gasteiger partial charge is 0.485 e. The molecule has 2 aromatic rings. The smallest absolute Gasteiger partial charge is 0.188 e. The fraction of sp³-hybridized carbons (Fsp3) is 0.235. The van der Waals surface area contributed by atoms with E-state index in [1.165, 1.54) is 6.92 Å². The molecule has 0 atom stereocenters. The van der Waals surface area contributed by atoms with E-state index in [9.17, 15) is 4.79 Å². The van der Waals surface area contributed by atoms with Crippen LogP contribution in [-0.2, 0) is 11.3 Å². The minimum Gasteiger partial charge on any atom is -0.485 e. The summed E-state index contributed by atoms with van der Waals surface area (Å²) in [5.41, 5.74) is 1.64. The molecule has 2 rings (SSSR count). The van der Waals surface area contributed by atoms with E-state index in [4.69, 9.17) is 14.2 Å². The molecule has 110 valence electrons. The summed E-state index contributed by atoms with van der Waals surface area (Å²) in [5.74, 6) is 1.06. The molecule has 2 aromatic carbocycles. The molecular formula is C17H18O4. The van der Waals surface area contributed by atoms with Gasteiger partial charge in [0.15, 0.2) is 24.1 Å². The molecule has 0 saturated heterocycles. The van der Waals surface area contributed by atoms with E-state index in [0.29, 0.717) is 23.7 Å². The van der Waals surface area contributed by atoms with E-state index in [1.807, 2.05) is 30.3 Å². The molecule has 4 heteroatoms. The molecule has 0 aromatic heterocycles. The van der Waals surface area contributed by atoms with Crippen molar-refractivity contribution in [3.8, 4) is 11.5 Å². The molecule has 0 radical (unpaired) electrons. The van der Waals surface area contributed by atoms with Crippen LogP contribution in [0.4, 0.5) is 0 Å². The summed E-state index contributed by atoms with van der Waals surface area (Å²) in [5, 5.41) is 0. The van der Waals surface area contributed by atoms with Gasteiger partial charge in [0.2, 0.25) is 0 Å². The summed E-state index contributed by atoms with van der Waals surface area (Å²) >= 11 is 0. The number of ether oxygens (including phenoxy) is 3. The highest BCUT2D eigenvalue weighted by Gasteiger charge is 2.09. The van der Waals surface area contributed by atoms with Gasteiger partial charge in [-0.25, -0.2) is 0 Å². The molecular weight excluding hydrogens is 268 g/mol. The summed E-state index contributed by atoms with van der Waals surface area (Å²) in [4.78, 5) is 11.4. The third-order valence-corrected chi connectivity index (χ3v) is 2.92. The van der Waals surface area contributed by atoms with Gasteiger partial charge < -0.3 is 14.2 Å². The van der Waals surface area contributed by atoms with Crippen molar-refractivity contribution in [3.05, 3.63) is 59.7 Å². The van der Waals surface area contributed by atoms with E-state index in [-0.39, 0.29) is 12.6 Å². The van der Waals surface area contributed by atoms with Crippen LogP contribution in [0.3, 0.4) is 0 Å². The molecule has 0 spiro atoms. The molecule has 0 heterocycles. The SMILES string of the molecule is COCOc1cc(C(C)=O)ccc1OCc1ccccc1. The Morgan fingerprint density at radius 1 is 1.00 bits per heavy atom. The first-order valence-electron chi connectivity index (χ1n) is 6.64. The van der Waals surface area contributed by atoms with Crippen LogP contribution in [-0.4, -0.2) is 19.7 Å². The van der Waals surface area contributed by atoms with Gasteiger partial charge in [-0.1, -0.05) is 30.3 Å². The molecule has 0 aliphatic rings. The Morgan fingerprint density at radius 3 is 2.43 bits per heavy atom. The van der Waals surface area contributed by atoms with Crippen molar-refractivity contribution < 1.29 is 19.0 Å². The number of hydrogen-bond donors (Lipinski definition) is 0. The molecule has 0 bridgehead atoms. The normalized spacial score (nSPS) is 10.2. The Hall–Kier alpha value is -2.33. The van der Waals surface area contributed by atoms with Crippen molar-refractivity contribution in [2.75, 3.05) is 13.9 Å². The van der Waals surface area contributed by atoms with Crippen LogP contribution in [0.1, 0.15) is 22.8 Å². The van der Waals surface area contributed by atoms with Gasteiger partial charge in [-0.2, -0.15) is 0 Å². The fourth-order valence-corrected chi connectivity index (χ4v) is 1.82. The highest BCUT2D eigenvalue weighted by atomic mass is 16.7. The van der Waals surface area contributed by atoms with E-state index >= 15 is 0 Å². The van der Waals surface area contributed by atoms with Crippen LogP contribution >= 0.6 is 0 Å². The van der Waals surface area contributed by atoms with Crippen LogP contribution in [0.5, 0.6) is 11.5 Å². The highest BCUT2D eigenvalue weighted by Crippen LogP contribution is 2.29. The Morgan fingerprint density at radius 2 is 1.76 bits per heavy atom. The zero-order valence-electron chi connectivity index (χ0n) is 12.2. The van der Waals surface area contributed by atoms with Crippen molar-refractivity contribution in [1.29, 1.82) is 0 Å². The zero-order valence-corrected chi connectivity index (χ0v) is 12.2. The van der Waals surface area contributed by atoms with Crippen molar-refractivity contribution in [2.45, 2.75) is 13.5 Å². The van der Waals surface area contributed by atoms with E-state index in [2.05, 4.69) is 0 Å². The van der Waals surface area contributed by atoms with Gasteiger partial charge in [0.05, 0.1) is 0 Å². The van der Waals surface area contributed by atoms with Gasteiger partial charge in [0.1, 0.15) is 6.61 Å². The number of rotatable bonds is 7. The Kier molecular flexibility index (Phi) is 5.35. The second kappa shape index (κ2) is 7.45. The molecule has 0 unspecified atom stereocenters. The summed E-state index contributed by atoms with van der Waals surface area (Å²) < 4.78 is 16.1. The summed E-state index contributed by atoms with van der Waals surface area (Å²) in [6.45, 7) is 2.05. The van der Waals surface area contributed by atoms with E-state index < -0.39 is 0 Å². The maximum absolute atomic E-state index is 11.4. The van der Waals surface area contributed by atoms with Gasteiger partial charge in [-0.15, -0.1) is 0 Å². The molecule has 0 aliphatic heterocycles. The average molecular weight is 286 g/mol. The first-order chi connectivity index (χ1) is 10.2. The molecule has 4 nitrogen and oxygen atoms in total. The van der Waals surface area contributed by atoms with E-state index in [0.717, 1.165) is 5.56 Å². The van der Waals surface area contributed by atoms with E-state index in [1.54, 1.807) is 25.3 Å². The minimum atomic E-state index is -0.0214. The number of methoxy groups -OCH3 is 1. The van der Waals surface area contributed by atoms with Gasteiger partial charge >= 0.3 is 0 Å². The van der Waals surface area contributed by atoms with Gasteiger partial charge in [0, 0.05) is 12.7 Å². The lowest BCUT2D eigenvalue weighted by molar-refractivity contribution is 0.0483. The number of carbonyl (C=O) groups is 1. The lowest BCUT2D eigenvalue weighted by atomic mass is 10.1. The molecule has 0 amide bonds. The average Bonchev–Trinajstić information content (AvgIpc) is 2.52. The summed E-state index contributed by atoms with van der Waals surface area (Å²) in [6, 6.07) is 15.0. The monoisotopic (exact) mass is 286 g/mol. The van der Waals surface area contributed by atoms with Crippen molar-refractivity contribution in [3.63, 3.8) is 0 Å². The predicted octanol–water partition coefficient (Wildman–Crippen LogP) is 3.45. The second-order valence-corrected chi connectivity index (χ2v) is 4.54. The van der Waals surface area contributed by atoms with Crippen molar-refractivity contribution in [2.24, 2.45) is 0 Å². The first kappa shape index (κ1) is 15.1. The number of carbonyl (C=O) groups excluding carboxylic acids is 1. The zero-order chi connectivity index (χ0) is 15.1. The van der Waals surface area contributed by atoms with Crippen LogP contribution in [0, 0.1) is 0 Å². The number of hydrogen-bond acceptors (Lipinski definition) is 4. The quantitative estimate of drug-likeness (QED) is 0.577. The van der Waals surface area contributed by atoms with Crippen LogP contribution in [0.15, 0.2) is 48.5 Å². The summed E-state index contributed by atoms with van der Waals surface area (Å²) in [6.07, 6.45) is 0. The number of benzene rings is 2. The Labute approximate surface area is 124 Å². The van der Waals surface area contributed by atoms with Crippen molar-refractivity contribution in [1.82, 2.24) is 0 Å². The number of ketones is 1. The molecule has 0 N–H and O–H groups in total. The Balaban J connectivity index is 2.14. The third kappa shape index (κ3) is 4.33. The Bertz CT molecular complexity index is 593. The highest BCUT2D eigenvalue weighted by molar-refractivity contribution is 5.94.